The molecule has 0 heterocycles. The van der Waals surface area contributed by atoms with Gasteiger partial charge in [0.2, 0.25) is 0 Å². The summed E-state index contributed by atoms with van der Waals surface area (Å²) in [6.07, 6.45) is -0.634. The normalized spacial score (nSPS) is 12.2. The van der Waals surface area contributed by atoms with E-state index in [1.54, 1.807) is 0 Å². The molecule has 0 saturated carbocycles. The topological polar surface area (TPSA) is 73.6 Å². The molecule has 5 nitrogen and oxygen atoms in total. The van der Waals surface area contributed by atoms with Crippen LogP contribution in [0.2, 0.25) is 0 Å². The van der Waals surface area contributed by atoms with Crippen LogP contribution in [0.1, 0.15) is 12.5 Å². The second-order valence-corrected chi connectivity index (χ2v) is 3.74. The van der Waals surface area contributed by atoms with Gasteiger partial charge in [0.05, 0.1) is 6.61 Å². The highest BCUT2D eigenvalue weighted by atomic mass is 16.5. The predicted molar refractivity (Wildman–Crippen MR) is 70.3 cm³/mol. The molecule has 1 atom stereocenters. The molecule has 1 unspecified atom stereocenters. The van der Waals surface area contributed by atoms with Gasteiger partial charge in [0.1, 0.15) is 6.10 Å². The van der Waals surface area contributed by atoms with E-state index >= 15 is 0 Å². The van der Waals surface area contributed by atoms with Crippen molar-refractivity contribution in [2.24, 2.45) is 5.73 Å². The number of rotatable bonds is 7. The number of carbonyl (C=O) groups excluding carboxylic acids is 1. The Balaban J connectivity index is 2.73. The summed E-state index contributed by atoms with van der Waals surface area (Å²) in [7, 11) is 1.46. The molecule has 5 heteroatoms. The minimum absolute atomic E-state index is 0.149. The predicted octanol–water partition coefficient (Wildman–Crippen LogP) is 1.14. The van der Waals surface area contributed by atoms with E-state index < -0.39 is 6.10 Å². The summed E-state index contributed by atoms with van der Waals surface area (Å²) >= 11 is 0. The van der Waals surface area contributed by atoms with Gasteiger partial charge in [-0.3, -0.25) is 4.79 Å². The Morgan fingerprint density at radius 3 is 2.78 bits per heavy atom. The lowest BCUT2D eigenvalue weighted by atomic mass is 10.2. The molecule has 0 aromatic heterocycles. The fourth-order valence-corrected chi connectivity index (χ4v) is 1.50. The molecule has 1 aromatic rings. The highest BCUT2D eigenvalue weighted by molar-refractivity contribution is 5.95. The standard InChI is InChI=1S/C13H20N2O3/c1-3-18-9-10-6-4-5-7-11(10)15-13(16)12(8-14)17-2/h4-7,12H,3,8-9,14H2,1-2H3,(H,15,16). The number of ether oxygens (including phenoxy) is 2. The summed E-state index contributed by atoms with van der Waals surface area (Å²) in [4.78, 5) is 11.8. The number of nitrogens with one attached hydrogen (secondary N) is 1. The first kappa shape index (κ1) is 14.6. The zero-order valence-electron chi connectivity index (χ0n) is 10.8. The Morgan fingerprint density at radius 2 is 2.17 bits per heavy atom. The van der Waals surface area contributed by atoms with Gasteiger partial charge in [-0.15, -0.1) is 0 Å². The lowest BCUT2D eigenvalue weighted by Gasteiger charge is -2.15. The number of nitrogens with two attached hydrogens (primary N) is 1. The minimum atomic E-state index is -0.634. The van der Waals surface area contributed by atoms with E-state index in [0.29, 0.717) is 13.2 Å². The molecule has 1 rings (SSSR count). The van der Waals surface area contributed by atoms with Crippen LogP contribution in [0.5, 0.6) is 0 Å². The van der Waals surface area contributed by atoms with Crippen LogP contribution in [0.4, 0.5) is 5.69 Å². The van der Waals surface area contributed by atoms with Crippen LogP contribution in [0.15, 0.2) is 24.3 Å². The largest absolute Gasteiger partial charge is 0.377 e. The molecular weight excluding hydrogens is 232 g/mol. The van der Waals surface area contributed by atoms with Crippen molar-refractivity contribution in [2.45, 2.75) is 19.6 Å². The maximum absolute atomic E-state index is 11.8. The first-order valence-electron chi connectivity index (χ1n) is 5.92. The van der Waals surface area contributed by atoms with Crippen LogP contribution in [0.3, 0.4) is 0 Å². The lowest BCUT2D eigenvalue weighted by molar-refractivity contribution is -0.125. The Hall–Kier alpha value is -1.43. The van der Waals surface area contributed by atoms with Crippen molar-refractivity contribution in [2.75, 3.05) is 25.6 Å². The first-order chi connectivity index (χ1) is 8.72. The third kappa shape index (κ3) is 4.10. The number of benzene rings is 1. The van der Waals surface area contributed by atoms with Gasteiger partial charge in [-0.1, -0.05) is 18.2 Å². The zero-order valence-corrected chi connectivity index (χ0v) is 10.8. The molecule has 1 aromatic carbocycles. The van der Waals surface area contributed by atoms with Crippen LogP contribution in [0.25, 0.3) is 0 Å². The van der Waals surface area contributed by atoms with Gasteiger partial charge in [0.25, 0.3) is 5.91 Å². The molecule has 100 valence electrons. The third-order valence-corrected chi connectivity index (χ3v) is 2.53. The molecule has 18 heavy (non-hydrogen) atoms. The average molecular weight is 252 g/mol. The van der Waals surface area contributed by atoms with Gasteiger partial charge in [-0.2, -0.15) is 0 Å². The summed E-state index contributed by atoms with van der Waals surface area (Å²) in [5.41, 5.74) is 7.10. The van der Waals surface area contributed by atoms with Gasteiger partial charge >= 0.3 is 0 Å². The molecule has 0 aliphatic rings. The number of carbonyl (C=O) groups is 1. The maximum Gasteiger partial charge on any atom is 0.254 e. The number of methoxy groups -OCH3 is 1. The molecule has 0 aliphatic carbocycles. The molecule has 0 saturated heterocycles. The summed E-state index contributed by atoms with van der Waals surface area (Å²) in [6, 6.07) is 7.50. The van der Waals surface area contributed by atoms with E-state index in [1.165, 1.54) is 7.11 Å². The van der Waals surface area contributed by atoms with Crippen molar-refractivity contribution in [3.05, 3.63) is 29.8 Å². The molecule has 0 aliphatic heterocycles. The fourth-order valence-electron chi connectivity index (χ4n) is 1.50. The molecule has 0 radical (unpaired) electrons. The maximum atomic E-state index is 11.8. The molecule has 0 spiro atoms. The Morgan fingerprint density at radius 1 is 1.44 bits per heavy atom. The Kier molecular flexibility index (Phi) is 6.35. The molecular formula is C13H20N2O3. The number of hydrogen-bond acceptors (Lipinski definition) is 4. The second-order valence-electron chi connectivity index (χ2n) is 3.74. The summed E-state index contributed by atoms with van der Waals surface area (Å²) in [5, 5.41) is 2.80. The van der Waals surface area contributed by atoms with Crippen LogP contribution >= 0.6 is 0 Å². The number of amides is 1. The van der Waals surface area contributed by atoms with E-state index in [-0.39, 0.29) is 12.5 Å². The Bertz CT molecular complexity index is 378. The second kappa shape index (κ2) is 7.81. The van der Waals surface area contributed by atoms with Crippen LogP contribution in [-0.4, -0.2) is 32.3 Å². The van der Waals surface area contributed by atoms with E-state index in [1.807, 2.05) is 31.2 Å². The van der Waals surface area contributed by atoms with E-state index in [4.69, 9.17) is 15.2 Å². The molecule has 3 N–H and O–H groups in total. The molecule has 1 amide bonds. The van der Waals surface area contributed by atoms with E-state index in [9.17, 15) is 4.79 Å². The zero-order chi connectivity index (χ0) is 13.4. The van der Waals surface area contributed by atoms with Gasteiger partial charge in [0, 0.05) is 31.5 Å². The number of anilines is 1. The van der Waals surface area contributed by atoms with E-state index in [2.05, 4.69) is 5.32 Å². The van der Waals surface area contributed by atoms with Crippen molar-refractivity contribution < 1.29 is 14.3 Å². The van der Waals surface area contributed by atoms with Gasteiger partial charge in [0.15, 0.2) is 0 Å². The van der Waals surface area contributed by atoms with Crippen molar-refractivity contribution in [3.63, 3.8) is 0 Å². The number of hydrogen-bond donors (Lipinski definition) is 2. The fraction of sp³-hybridized carbons (Fsp3) is 0.462. The lowest BCUT2D eigenvalue weighted by Crippen LogP contribution is -2.36. The van der Waals surface area contributed by atoms with Crippen LogP contribution in [-0.2, 0) is 20.9 Å². The SMILES string of the molecule is CCOCc1ccccc1NC(=O)C(CN)OC. The van der Waals surface area contributed by atoms with Gasteiger partial charge < -0.3 is 20.5 Å². The Labute approximate surface area is 107 Å². The van der Waals surface area contributed by atoms with Crippen molar-refractivity contribution in [3.8, 4) is 0 Å². The summed E-state index contributed by atoms with van der Waals surface area (Å²) in [5.74, 6) is -0.246. The smallest absolute Gasteiger partial charge is 0.254 e. The minimum Gasteiger partial charge on any atom is -0.377 e. The van der Waals surface area contributed by atoms with E-state index in [0.717, 1.165) is 11.3 Å². The highest BCUT2D eigenvalue weighted by Crippen LogP contribution is 2.16. The average Bonchev–Trinajstić information content (AvgIpc) is 2.39. The van der Waals surface area contributed by atoms with Gasteiger partial charge in [-0.05, 0) is 13.0 Å². The van der Waals surface area contributed by atoms with Crippen LogP contribution < -0.4 is 11.1 Å². The summed E-state index contributed by atoms with van der Waals surface area (Å²) in [6.45, 7) is 3.17. The van der Waals surface area contributed by atoms with Crippen molar-refractivity contribution >= 4 is 11.6 Å². The van der Waals surface area contributed by atoms with Gasteiger partial charge in [-0.25, -0.2) is 0 Å². The first-order valence-corrected chi connectivity index (χ1v) is 5.92. The highest BCUT2D eigenvalue weighted by Gasteiger charge is 2.16. The quantitative estimate of drug-likeness (QED) is 0.763. The number of para-hydroxylation sites is 1. The monoisotopic (exact) mass is 252 g/mol. The molecule has 0 bridgehead atoms. The van der Waals surface area contributed by atoms with Crippen molar-refractivity contribution in [1.29, 1.82) is 0 Å². The third-order valence-electron chi connectivity index (χ3n) is 2.53. The van der Waals surface area contributed by atoms with Crippen LogP contribution in [0, 0.1) is 0 Å². The van der Waals surface area contributed by atoms with Crippen molar-refractivity contribution in [1.82, 2.24) is 0 Å². The summed E-state index contributed by atoms with van der Waals surface area (Å²) < 4.78 is 10.3. The molecule has 0 fully saturated rings.